The summed E-state index contributed by atoms with van der Waals surface area (Å²) in [6, 6.07) is 11.8. The lowest BCUT2D eigenvalue weighted by molar-refractivity contribution is -0.137. The van der Waals surface area contributed by atoms with Crippen LogP contribution in [0.5, 0.6) is 0 Å². The van der Waals surface area contributed by atoms with E-state index in [2.05, 4.69) is 10.3 Å². The van der Waals surface area contributed by atoms with E-state index in [-0.39, 0.29) is 23.9 Å². The van der Waals surface area contributed by atoms with Gasteiger partial charge in [-0.15, -0.1) is 0 Å². The van der Waals surface area contributed by atoms with E-state index in [1.54, 1.807) is 6.20 Å². The zero-order valence-electron chi connectivity index (χ0n) is 19.5. The fraction of sp³-hybridized carbons (Fsp3) is 0.308. The Balaban J connectivity index is 1.36. The smallest absolute Gasteiger partial charge is 0.325 e. The van der Waals surface area contributed by atoms with E-state index in [0.29, 0.717) is 18.4 Å². The Morgan fingerprint density at radius 3 is 2.47 bits per heavy atom. The van der Waals surface area contributed by atoms with Gasteiger partial charge in [-0.3, -0.25) is 14.6 Å². The van der Waals surface area contributed by atoms with Gasteiger partial charge in [0.15, 0.2) is 0 Å². The Morgan fingerprint density at radius 2 is 1.83 bits per heavy atom. The minimum Gasteiger partial charge on any atom is -0.325 e. The summed E-state index contributed by atoms with van der Waals surface area (Å²) in [6.45, 7) is 1.60. The quantitative estimate of drug-likeness (QED) is 0.555. The van der Waals surface area contributed by atoms with Crippen LogP contribution in [0.4, 0.5) is 18.9 Å². The van der Waals surface area contributed by atoms with Crippen molar-refractivity contribution >= 4 is 23.2 Å². The van der Waals surface area contributed by atoms with Crippen LogP contribution in [-0.4, -0.2) is 44.2 Å². The number of anilines is 1. The van der Waals surface area contributed by atoms with Crippen LogP contribution in [0.15, 0.2) is 65.9 Å². The number of aromatic nitrogens is 2. The van der Waals surface area contributed by atoms with Crippen molar-refractivity contribution in [1.82, 2.24) is 14.5 Å². The van der Waals surface area contributed by atoms with E-state index in [1.807, 2.05) is 42.0 Å². The molecule has 1 aliphatic carbocycles. The standard InChI is InChI=1S/C26H24F3N5O2/c1-17-30-13-14-33(17)21-9-7-18(8-10-21)23-24(36)34(25(32-23)11-2-3-12-25)16-22(35)31-20-6-4-5-19(15-20)26(27,28)29/h4-10,13-15H,2-3,11-12,16H2,1H3,(H,31,35). The maximum atomic E-state index is 13.5. The number of halogens is 3. The van der Waals surface area contributed by atoms with Gasteiger partial charge in [-0.1, -0.05) is 18.2 Å². The third-order valence-electron chi connectivity index (χ3n) is 6.69. The van der Waals surface area contributed by atoms with Crippen molar-refractivity contribution in [2.45, 2.75) is 44.4 Å². The first-order valence-corrected chi connectivity index (χ1v) is 11.7. The fourth-order valence-corrected chi connectivity index (χ4v) is 4.91. The van der Waals surface area contributed by atoms with Crippen LogP contribution in [0.1, 0.15) is 42.6 Å². The molecule has 0 saturated heterocycles. The molecule has 2 heterocycles. The van der Waals surface area contributed by atoms with Crippen LogP contribution < -0.4 is 5.32 Å². The molecule has 0 bridgehead atoms. The molecule has 7 nitrogen and oxygen atoms in total. The van der Waals surface area contributed by atoms with E-state index >= 15 is 0 Å². The second-order valence-electron chi connectivity index (χ2n) is 9.06. The number of nitrogens with zero attached hydrogens (tertiary/aromatic N) is 4. The summed E-state index contributed by atoms with van der Waals surface area (Å²) >= 11 is 0. The second kappa shape index (κ2) is 8.92. The summed E-state index contributed by atoms with van der Waals surface area (Å²) in [4.78, 5) is 36.8. The maximum Gasteiger partial charge on any atom is 0.416 e. The Bertz CT molecular complexity index is 1340. The monoisotopic (exact) mass is 495 g/mol. The Hall–Kier alpha value is -3.95. The van der Waals surface area contributed by atoms with Gasteiger partial charge in [0.1, 0.15) is 23.7 Å². The molecule has 2 aliphatic rings. The number of carbonyl (C=O) groups is 2. The lowest BCUT2D eigenvalue weighted by Gasteiger charge is -2.32. The highest BCUT2D eigenvalue weighted by Crippen LogP contribution is 2.41. The summed E-state index contributed by atoms with van der Waals surface area (Å²) in [5, 5.41) is 2.50. The summed E-state index contributed by atoms with van der Waals surface area (Å²) < 4.78 is 41.0. The van der Waals surface area contributed by atoms with Crippen molar-refractivity contribution in [3.05, 3.63) is 77.9 Å². The highest BCUT2D eigenvalue weighted by molar-refractivity contribution is 6.47. The predicted octanol–water partition coefficient (Wildman–Crippen LogP) is 4.74. The molecular weight excluding hydrogens is 471 g/mol. The van der Waals surface area contributed by atoms with E-state index in [4.69, 9.17) is 4.99 Å². The minimum atomic E-state index is -4.52. The van der Waals surface area contributed by atoms with Gasteiger partial charge < -0.3 is 14.8 Å². The Labute approximate surface area is 205 Å². The normalized spacial score (nSPS) is 17.1. The highest BCUT2D eigenvalue weighted by Gasteiger charge is 2.49. The first kappa shape index (κ1) is 23.8. The number of hydrogen-bond donors (Lipinski definition) is 1. The van der Waals surface area contributed by atoms with Gasteiger partial charge in [0.2, 0.25) is 5.91 Å². The number of aryl methyl sites for hydroxylation is 1. The summed E-state index contributed by atoms with van der Waals surface area (Å²) in [5.74, 6) is -0.0983. The number of rotatable bonds is 5. The summed E-state index contributed by atoms with van der Waals surface area (Å²) in [7, 11) is 0. The lowest BCUT2D eigenvalue weighted by atomic mass is 10.1. The van der Waals surface area contributed by atoms with Gasteiger partial charge in [0, 0.05) is 29.3 Å². The molecule has 2 aromatic carbocycles. The molecule has 0 radical (unpaired) electrons. The number of hydrogen-bond acceptors (Lipinski definition) is 4. The van der Waals surface area contributed by atoms with Crippen LogP contribution >= 0.6 is 0 Å². The largest absolute Gasteiger partial charge is 0.416 e. The number of imidazole rings is 1. The average molecular weight is 496 g/mol. The first-order valence-electron chi connectivity index (χ1n) is 11.7. The highest BCUT2D eigenvalue weighted by atomic mass is 19.4. The van der Waals surface area contributed by atoms with Crippen LogP contribution in [0.2, 0.25) is 0 Å². The zero-order chi connectivity index (χ0) is 25.5. The first-order chi connectivity index (χ1) is 17.2. The predicted molar refractivity (Wildman–Crippen MR) is 128 cm³/mol. The van der Waals surface area contributed by atoms with Crippen LogP contribution in [0.3, 0.4) is 0 Å². The van der Waals surface area contributed by atoms with Crippen LogP contribution in [-0.2, 0) is 15.8 Å². The van der Waals surface area contributed by atoms with Crippen LogP contribution in [0, 0.1) is 6.92 Å². The van der Waals surface area contributed by atoms with Gasteiger partial charge in [-0.25, -0.2) is 4.98 Å². The topological polar surface area (TPSA) is 79.6 Å². The molecule has 0 atom stereocenters. The van der Waals surface area contributed by atoms with E-state index in [1.165, 1.54) is 17.0 Å². The molecule has 1 saturated carbocycles. The van der Waals surface area contributed by atoms with E-state index in [9.17, 15) is 22.8 Å². The van der Waals surface area contributed by atoms with Crippen molar-refractivity contribution in [3.8, 4) is 5.69 Å². The molecular formula is C26H24F3N5O2. The number of benzene rings is 2. The number of amides is 2. The van der Waals surface area contributed by atoms with Gasteiger partial charge in [-0.2, -0.15) is 13.2 Å². The molecule has 36 heavy (non-hydrogen) atoms. The van der Waals surface area contributed by atoms with E-state index in [0.717, 1.165) is 36.5 Å². The molecule has 1 N–H and O–H groups in total. The van der Waals surface area contributed by atoms with Crippen molar-refractivity contribution in [2.24, 2.45) is 4.99 Å². The third-order valence-corrected chi connectivity index (χ3v) is 6.69. The zero-order valence-corrected chi connectivity index (χ0v) is 19.5. The molecule has 2 amide bonds. The van der Waals surface area contributed by atoms with Gasteiger partial charge >= 0.3 is 6.18 Å². The molecule has 1 spiro atoms. The number of aliphatic imine (C=N–C) groups is 1. The number of nitrogens with one attached hydrogen (secondary N) is 1. The minimum absolute atomic E-state index is 0.0217. The van der Waals surface area contributed by atoms with Gasteiger partial charge in [0.25, 0.3) is 5.91 Å². The molecule has 0 unspecified atom stereocenters. The number of alkyl halides is 3. The van der Waals surface area contributed by atoms with Crippen molar-refractivity contribution in [1.29, 1.82) is 0 Å². The van der Waals surface area contributed by atoms with Crippen molar-refractivity contribution < 1.29 is 22.8 Å². The summed E-state index contributed by atoms with van der Waals surface area (Å²) in [5.41, 5.74) is 0.189. The molecule has 10 heteroatoms. The Kier molecular flexibility index (Phi) is 5.89. The third kappa shape index (κ3) is 4.38. The lowest BCUT2D eigenvalue weighted by Crippen LogP contribution is -2.48. The maximum absolute atomic E-state index is 13.5. The molecule has 5 rings (SSSR count). The average Bonchev–Trinajstić information content (AvgIpc) is 3.55. The van der Waals surface area contributed by atoms with Crippen molar-refractivity contribution in [3.63, 3.8) is 0 Å². The molecule has 1 aromatic heterocycles. The fourth-order valence-electron chi connectivity index (χ4n) is 4.91. The van der Waals surface area contributed by atoms with Gasteiger partial charge in [-0.05, 0) is 62.9 Å². The van der Waals surface area contributed by atoms with Crippen molar-refractivity contribution in [2.75, 3.05) is 11.9 Å². The van der Waals surface area contributed by atoms with E-state index < -0.39 is 23.3 Å². The molecule has 1 aliphatic heterocycles. The molecule has 1 fully saturated rings. The second-order valence-corrected chi connectivity index (χ2v) is 9.06. The summed E-state index contributed by atoms with van der Waals surface area (Å²) in [6.07, 6.45) is 2.04. The molecule has 186 valence electrons. The SMILES string of the molecule is Cc1nccn1-c1ccc(C2=NC3(CCCC3)N(CC(=O)Nc3cccc(C(F)(F)F)c3)C2=O)cc1. The molecule has 3 aromatic rings. The van der Waals surface area contributed by atoms with Crippen LogP contribution in [0.25, 0.3) is 5.69 Å². The Morgan fingerprint density at radius 1 is 1.11 bits per heavy atom. The van der Waals surface area contributed by atoms with Gasteiger partial charge in [0.05, 0.1) is 5.56 Å². The number of carbonyl (C=O) groups excluding carboxylic acids is 2.